The van der Waals surface area contributed by atoms with Crippen LogP contribution < -0.4 is 4.74 Å². The zero-order chi connectivity index (χ0) is 18.5. The van der Waals surface area contributed by atoms with Crippen LogP contribution in [0.15, 0.2) is 36.9 Å². The number of methoxy groups -OCH3 is 1. The number of aromatic nitrogens is 2. The first-order chi connectivity index (χ1) is 13.3. The Labute approximate surface area is 162 Å². The smallest absolute Gasteiger partial charge is 0.123 e. The SMILES string of the molecule is COc1ccc(CN2CCC(Cn3ccnc3)CC2)cc1CN1CCCC1. The minimum atomic E-state index is 0.775. The highest BCUT2D eigenvalue weighted by Gasteiger charge is 2.20. The number of ether oxygens (including phenoxy) is 1. The predicted octanol–water partition coefficient (Wildman–Crippen LogP) is 3.40. The Bertz CT molecular complexity index is 701. The molecule has 0 atom stereocenters. The third kappa shape index (κ3) is 4.90. The number of likely N-dealkylation sites (tertiary alicyclic amines) is 2. The lowest BCUT2D eigenvalue weighted by Crippen LogP contribution is -2.34. The molecule has 5 heteroatoms. The summed E-state index contributed by atoms with van der Waals surface area (Å²) < 4.78 is 7.83. The van der Waals surface area contributed by atoms with Gasteiger partial charge in [0.1, 0.15) is 5.75 Å². The third-order valence-electron chi connectivity index (χ3n) is 6.08. The molecule has 2 aliphatic heterocycles. The van der Waals surface area contributed by atoms with E-state index in [-0.39, 0.29) is 0 Å². The van der Waals surface area contributed by atoms with Gasteiger partial charge in [-0.1, -0.05) is 6.07 Å². The van der Waals surface area contributed by atoms with Crippen molar-refractivity contribution >= 4 is 0 Å². The summed E-state index contributed by atoms with van der Waals surface area (Å²) in [7, 11) is 1.79. The second kappa shape index (κ2) is 8.89. The zero-order valence-corrected chi connectivity index (χ0v) is 16.5. The first kappa shape index (κ1) is 18.5. The van der Waals surface area contributed by atoms with Crippen molar-refractivity contribution < 1.29 is 4.74 Å². The number of imidazole rings is 1. The molecule has 0 aliphatic carbocycles. The Morgan fingerprint density at radius 1 is 1.04 bits per heavy atom. The highest BCUT2D eigenvalue weighted by Crippen LogP contribution is 2.26. The molecule has 2 saturated heterocycles. The second-order valence-electron chi connectivity index (χ2n) is 8.11. The maximum Gasteiger partial charge on any atom is 0.123 e. The molecule has 1 aromatic carbocycles. The van der Waals surface area contributed by atoms with E-state index in [1.165, 1.54) is 63.0 Å². The van der Waals surface area contributed by atoms with Crippen LogP contribution in [0.1, 0.15) is 36.8 Å². The Hall–Kier alpha value is -1.85. The number of nitrogens with zero attached hydrogens (tertiary/aromatic N) is 4. The van der Waals surface area contributed by atoms with E-state index in [4.69, 9.17) is 4.74 Å². The van der Waals surface area contributed by atoms with Gasteiger partial charge in [-0.3, -0.25) is 9.80 Å². The molecule has 5 nitrogen and oxygen atoms in total. The first-order valence-corrected chi connectivity index (χ1v) is 10.4. The van der Waals surface area contributed by atoms with Crippen LogP contribution in [-0.4, -0.2) is 52.6 Å². The average molecular weight is 369 g/mol. The van der Waals surface area contributed by atoms with Gasteiger partial charge in [-0.25, -0.2) is 4.98 Å². The number of piperidine rings is 1. The van der Waals surface area contributed by atoms with E-state index in [0.717, 1.165) is 31.3 Å². The summed E-state index contributed by atoms with van der Waals surface area (Å²) in [6, 6.07) is 6.77. The van der Waals surface area contributed by atoms with Crippen molar-refractivity contribution in [2.75, 3.05) is 33.3 Å². The van der Waals surface area contributed by atoms with E-state index in [9.17, 15) is 0 Å². The second-order valence-corrected chi connectivity index (χ2v) is 8.11. The zero-order valence-electron chi connectivity index (χ0n) is 16.5. The molecule has 2 aromatic rings. The van der Waals surface area contributed by atoms with Crippen molar-refractivity contribution in [2.45, 2.75) is 45.3 Å². The van der Waals surface area contributed by atoms with E-state index in [0.29, 0.717) is 0 Å². The highest BCUT2D eigenvalue weighted by atomic mass is 16.5. The molecule has 0 unspecified atom stereocenters. The van der Waals surface area contributed by atoms with E-state index in [1.807, 2.05) is 12.5 Å². The Kier molecular flexibility index (Phi) is 6.10. The fourth-order valence-corrected chi connectivity index (χ4v) is 4.51. The molecule has 1 aromatic heterocycles. The summed E-state index contributed by atoms with van der Waals surface area (Å²) in [5.74, 6) is 1.81. The molecule has 4 rings (SSSR count). The molecule has 0 bridgehead atoms. The van der Waals surface area contributed by atoms with E-state index >= 15 is 0 Å². The van der Waals surface area contributed by atoms with Crippen LogP contribution >= 0.6 is 0 Å². The topological polar surface area (TPSA) is 33.5 Å². The van der Waals surface area contributed by atoms with Crippen LogP contribution in [-0.2, 0) is 19.6 Å². The van der Waals surface area contributed by atoms with Crippen LogP contribution in [0, 0.1) is 5.92 Å². The highest BCUT2D eigenvalue weighted by molar-refractivity contribution is 5.37. The van der Waals surface area contributed by atoms with Crippen LogP contribution in [0.25, 0.3) is 0 Å². The van der Waals surface area contributed by atoms with Gasteiger partial charge in [0.25, 0.3) is 0 Å². The molecule has 0 radical (unpaired) electrons. The van der Waals surface area contributed by atoms with Gasteiger partial charge in [-0.15, -0.1) is 0 Å². The lowest BCUT2D eigenvalue weighted by atomic mass is 9.96. The molecule has 2 fully saturated rings. The lowest BCUT2D eigenvalue weighted by Gasteiger charge is -2.32. The number of hydrogen-bond donors (Lipinski definition) is 0. The van der Waals surface area contributed by atoms with Crippen LogP contribution in [0.4, 0.5) is 0 Å². The Morgan fingerprint density at radius 2 is 1.81 bits per heavy atom. The summed E-state index contributed by atoms with van der Waals surface area (Å²) in [5.41, 5.74) is 2.75. The largest absolute Gasteiger partial charge is 0.496 e. The molecule has 27 heavy (non-hydrogen) atoms. The minimum absolute atomic E-state index is 0.775. The maximum absolute atomic E-state index is 5.62. The maximum atomic E-state index is 5.62. The van der Waals surface area contributed by atoms with Crippen molar-refractivity contribution in [3.05, 3.63) is 48.0 Å². The molecular formula is C22H32N4O. The van der Waals surface area contributed by atoms with Gasteiger partial charge < -0.3 is 9.30 Å². The minimum Gasteiger partial charge on any atom is -0.496 e. The van der Waals surface area contributed by atoms with Crippen LogP contribution in [0.2, 0.25) is 0 Å². The van der Waals surface area contributed by atoms with Crippen molar-refractivity contribution in [2.24, 2.45) is 5.92 Å². The molecule has 0 amide bonds. The molecule has 0 N–H and O–H groups in total. The molecule has 0 saturated carbocycles. The first-order valence-electron chi connectivity index (χ1n) is 10.4. The van der Waals surface area contributed by atoms with Crippen molar-refractivity contribution in [1.82, 2.24) is 19.4 Å². The summed E-state index contributed by atoms with van der Waals surface area (Å²) in [6.45, 7) is 7.99. The van der Waals surface area contributed by atoms with Gasteiger partial charge in [0.05, 0.1) is 13.4 Å². The van der Waals surface area contributed by atoms with Crippen molar-refractivity contribution in [1.29, 1.82) is 0 Å². The van der Waals surface area contributed by atoms with Gasteiger partial charge in [0.2, 0.25) is 0 Å². The summed E-state index contributed by atoms with van der Waals surface area (Å²) >= 11 is 0. The summed E-state index contributed by atoms with van der Waals surface area (Å²) in [5, 5.41) is 0. The van der Waals surface area contributed by atoms with E-state index in [2.05, 4.69) is 43.7 Å². The predicted molar refractivity (Wildman–Crippen MR) is 108 cm³/mol. The molecule has 0 spiro atoms. The van der Waals surface area contributed by atoms with Crippen molar-refractivity contribution in [3.8, 4) is 5.75 Å². The summed E-state index contributed by atoms with van der Waals surface area (Å²) in [4.78, 5) is 9.30. The fourth-order valence-electron chi connectivity index (χ4n) is 4.51. The number of rotatable bonds is 7. The Balaban J connectivity index is 1.32. The monoisotopic (exact) mass is 368 g/mol. The fraction of sp³-hybridized carbons (Fsp3) is 0.591. The number of benzene rings is 1. The van der Waals surface area contributed by atoms with Crippen LogP contribution in [0.3, 0.4) is 0 Å². The van der Waals surface area contributed by atoms with Crippen molar-refractivity contribution in [3.63, 3.8) is 0 Å². The normalized spacial score (nSPS) is 19.6. The quantitative estimate of drug-likeness (QED) is 0.750. The summed E-state index contributed by atoms with van der Waals surface area (Å²) in [6.07, 6.45) is 11.1. The van der Waals surface area contributed by atoms with E-state index in [1.54, 1.807) is 7.11 Å². The molecule has 3 heterocycles. The van der Waals surface area contributed by atoms with Gasteiger partial charge >= 0.3 is 0 Å². The standard InChI is InChI=1S/C22H32N4O/c1-27-22-5-4-20(14-21(22)17-24-9-2-3-10-24)16-25-11-6-19(7-12-25)15-26-13-8-23-18-26/h4-5,8,13-14,18-19H,2-3,6-7,9-12,15-17H2,1H3. The average Bonchev–Trinajstić information content (AvgIpc) is 3.38. The van der Waals surface area contributed by atoms with Gasteiger partial charge in [0.15, 0.2) is 0 Å². The van der Waals surface area contributed by atoms with Gasteiger partial charge in [-0.2, -0.15) is 0 Å². The van der Waals surface area contributed by atoms with Crippen LogP contribution in [0.5, 0.6) is 5.75 Å². The molecule has 146 valence electrons. The van der Waals surface area contributed by atoms with Gasteiger partial charge in [0, 0.05) is 37.6 Å². The third-order valence-corrected chi connectivity index (χ3v) is 6.08. The number of hydrogen-bond acceptors (Lipinski definition) is 4. The molecule has 2 aliphatic rings. The van der Waals surface area contributed by atoms with E-state index < -0.39 is 0 Å². The van der Waals surface area contributed by atoms with Gasteiger partial charge in [-0.05, 0) is 75.5 Å². The lowest BCUT2D eigenvalue weighted by molar-refractivity contribution is 0.167. The Morgan fingerprint density at radius 3 is 2.52 bits per heavy atom. The molecular weight excluding hydrogens is 336 g/mol.